The first-order chi connectivity index (χ1) is 17.4. The fourth-order valence-corrected chi connectivity index (χ4v) is 4.36. The van der Waals surface area contributed by atoms with Gasteiger partial charge in [-0.25, -0.2) is 14.0 Å². The van der Waals surface area contributed by atoms with Gasteiger partial charge in [-0.2, -0.15) is 0 Å². The molecule has 1 unspecified atom stereocenters. The fourth-order valence-electron chi connectivity index (χ4n) is 4.36. The lowest BCUT2D eigenvalue weighted by Crippen LogP contribution is -2.69. The quantitative estimate of drug-likeness (QED) is 0.410. The summed E-state index contributed by atoms with van der Waals surface area (Å²) in [6, 6.07) is 12.4. The molecule has 1 aliphatic rings. The van der Waals surface area contributed by atoms with Crippen molar-refractivity contribution in [3.05, 3.63) is 65.5 Å². The largest absolute Gasteiger partial charge is 0.498 e. The normalized spacial score (nSPS) is 19.7. The van der Waals surface area contributed by atoms with Crippen molar-refractivity contribution in [1.29, 1.82) is 0 Å². The Balaban J connectivity index is 1.80. The Bertz CT molecular complexity index is 1120. The van der Waals surface area contributed by atoms with Gasteiger partial charge in [0.05, 0.1) is 31.9 Å². The Morgan fingerprint density at radius 2 is 1.84 bits per heavy atom. The number of benzene rings is 2. The molecule has 2 aromatic carbocycles. The number of ether oxygens (including phenoxy) is 3. The fraction of sp³-hybridized carbons (Fsp3) is 0.444. The van der Waals surface area contributed by atoms with Crippen molar-refractivity contribution in [2.75, 3.05) is 33.4 Å². The third kappa shape index (κ3) is 7.19. The number of amides is 2. The minimum absolute atomic E-state index is 0.0780. The molecule has 9 nitrogen and oxygen atoms in total. The minimum atomic E-state index is -1.22. The lowest BCUT2D eigenvalue weighted by molar-refractivity contribution is -0.895. The van der Waals surface area contributed by atoms with E-state index in [-0.39, 0.29) is 55.0 Å². The second-order valence-electron chi connectivity index (χ2n) is 10.1. The molecule has 2 aromatic rings. The molecular formula is C27H33FN2O7. The molecule has 0 aliphatic carbocycles. The molecule has 1 aliphatic heterocycles. The van der Waals surface area contributed by atoms with Crippen LogP contribution in [0.1, 0.15) is 43.1 Å². The Morgan fingerprint density at radius 1 is 1.14 bits per heavy atom. The van der Waals surface area contributed by atoms with Crippen LogP contribution >= 0.6 is 0 Å². The number of carbonyl (C=O) groups is 3. The number of carbonyl (C=O) groups excluding carboxylic acids is 3. The average Bonchev–Trinajstić information content (AvgIpc) is 2.84. The summed E-state index contributed by atoms with van der Waals surface area (Å²) in [7, 11) is 1.15. The van der Waals surface area contributed by atoms with Crippen LogP contribution in [-0.2, 0) is 16.0 Å². The number of hydrogen-bond donors (Lipinski definition) is 0. The molecule has 0 bridgehead atoms. The van der Waals surface area contributed by atoms with E-state index in [0.29, 0.717) is 0 Å². The zero-order valence-corrected chi connectivity index (χ0v) is 21.6. The molecule has 2 atom stereocenters. The Labute approximate surface area is 215 Å². The van der Waals surface area contributed by atoms with Gasteiger partial charge in [0.15, 0.2) is 0 Å². The van der Waals surface area contributed by atoms with Gasteiger partial charge < -0.3 is 24.1 Å². The van der Waals surface area contributed by atoms with E-state index in [1.54, 1.807) is 20.8 Å². The monoisotopic (exact) mass is 516 g/mol. The van der Waals surface area contributed by atoms with Gasteiger partial charge >= 0.3 is 12.1 Å². The van der Waals surface area contributed by atoms with E-state index in [0.717, 1.165) is 18.7 Å². The Hall–Kier alpha value is -3.66. The van der Waals surface area contributed by atoms with Crippen molar-refractivity contribution in [3.8, 4) is 5.75 Å². The van der Waals surface area contributed by atoms with Crippen molar-refractivity contribution in [2.45, 2.75) is 45.4 Å². The van der Waals surface area contributed by atoms with E-state index in [9.17, 15) is 23.9 Å². The zero-order valence-electron chi connectivity index (χ0n) is 21.6. The topological polar surface area (TPSA) is 105 Å². The van der Waals surface area contributed by atoms with Crippen molar-refractivity contribution >= 4 is 18.2 Å². The van der Waals surface area contributed by atoms with Crippen LogP contribution in [0.25, 0.3) is 0 Å². The number of methoxy groups -OCH3 is 1. The van der Waals surface area contributed by atoms with Gasteiger partial charge in [-0.1, -0.05) is 30.3 Å². The van der Waals surface area contributed by atoms with Crippen molar-refractivity contribution in [2.24, 2.45) is 0 Å². The Kier molecular flexibility index (Phi) is 8.75. The molecule has 3 rings (SSSR count). The van der Waals surface area contributed by atoms with E-state index in [1.807, 2.05) is 30.3 Å². The molecule has 2 amide bonds. The molecule has 0 spiro atoms. The van der Waals surface area contributed by atoms with E-state index >= 15 is 0 Å². The summed E-state index contributed by atoms with van der Waals surface area (Å²) in [4.78, 5) is 38.7. The number of quaternary nitrogens is 1. The molecule has 37 heavy (non-hydrogen) atoms. The highest BCUT2D eigenvalue weighted by molar-refractivity contribution is 5.90. The molecule has 10 heteroatoms. The second kappa shape index (κ2) is 11.6. The van der Waals surface area contributed by atoms with Crippen molar-refractivity contribution in [1.82, 2.24) is 4.90 Å². The smallest absolute Gasteiger partial charge is 0.410 e. The standard InChI is InChI=1S/C27H33FN2O7/c1-27(2,3)37-25(32)29-13-14-30(26(33)34,17-19-8-6-5-7-9-19)18-20(29)12-15-36-21-10-11-23(28)22(16-21)24(31)35-4/h5-11,16,20H,12-15,17-18H2,1-4H3/t20-,30?/m1/s1. The predicted molar refractivity (Wildman–Crippen MR) is 130 cm³/mol. The molecule has 0 aromatic heterocycles. The number of halogens is 1. The SMILES string of the molecule is COC(=O)c1cc(OCC[C@@H]2C[N+](Cc3ccccc3)(C(=O)[O-])CCN2C(=O)OC(C)(C)C)ccc1F. The van der Waals surface area contributed by atoms with Gasteiger partial charge in [0, 0.05) is 12.0 Å². The summed E-state index contributed by atoms with van der Waals surface area (Å²) < 4.78 is 29.5. The molecule has 0 radical (unpaired) electrons. The summed E-state index contributed by atoms with van der Waals surface area (Å²) in [6.45, 7) is 5.98. The number of hydrogen-bond acceptors (Lipinski definition) is 7. The summed E-state index contributed by atoms with van der Waals surface area (Å²) >= 11 is 0. The molecule has 200 valence electrons. The molecule has 1 heterocycles. The second-order valence-corrected chi connectivity index (χ2v) is 10.1. The number of piperazine rings is 1. The van der Waals surface area contributed by atoms with Crippen LogP contribution in [0.15, 0.2) is 48.5 Å². The van der Waals surface area contributed by atoms with Gasteiger partial charge in [-0.05, 0) is 39.0 Å². The maximum absolute atomic E-state index is 14.0. The van der Waals surface area contributed by atoms with E-state index in [4.69, 9.17) is 9.47 Å². The summed E-state index contributed by atoms with van der Waals surface area (Å²) in [6.07, 6.45) is -1.49. The number of esters is 1. The highest BCUT2D eigenvalue weighted by Gasteiger charge is 2.44. The lowest BCUT2D eigenvalue weighted by Gasteiger charge is -2.48. The average molecular weight is 517 g/mol. The van der Waals surface area contributed by atoms with Crippen LogP contribution in [0.3, 0.4) is 0 Å². The summed E-state index contributed by atoms with van der Waals surface area (Å²) in [5.74, 6) is -1.32. The van der Waals surface area contributed by atoms with Crippen LogP contribution in [0, 0.1) is 5.82 Å². The Morgan fingerprint density at radius 3 is 2.46 bits per heavy atom. The number of rotatable bonds is 7. The van der Waals surface area contributed by atoms with Gasteiger partial charge in [-0.3, -0.25) is 9.38 Å². The van der Waals surface area contributed by atoms with Crippen LogP contribution in [0.4, 0.5) is 14.0 Å². The first-order valence-electron chi connectivity index (χ1n) is 12.1. The third-order valence-electron chi connectivity index (χ3n) is 6.18. The van der Waals surface area contributed by atoms with Crippen LogP contribution in [-0.4, -0.2) is 72.5 Å². The summed E-state index contributed by atoms with van der Waals surface area (Å²) in [5, 5.41) is 12.4. The van der Waals surface area contributed by atoms with Gasteiger partial charge in [-0.15, -0.1) is 0 Å². The third-order valence-corrected chi connectivity index (χ3v) is 6.18. The lowest BCUT2D eigenvalue weighted by atomic mass is 10.0. The highest BCUT2D eigenvalue weighted by atomic mass is 19.1. The van der Waals surface area contributed by atoms with Gasteiger partial charge in [0.25, 0.3) is 6.09 Å². The minimum Gasteiger partial charge on any atom is -0.498 e. The van der Waals surface area contributed by atoms with Crippen LogP contribution in [0.2, 0.25) is 0 Å². The first kappa shape index (κ1) is 27.9. The highest BCUT2D eigenvalue weighted by Crippen LogP contribution is 2.26. The maximum atomic E-state index is 14.0. The number of nitrogens with zero attached hydrogens (tertiary/aromatic N) is 2. The van der Waals surface area contributed by atoms with E-state index < -0.39 is 35.6 Å². The molecule has 1 fully saturated rings. The van der Waals surface area contributed by atoms with Crippen LogP contribution < -0.4 is 9.84 Å². The maximum Gasteiger partial charge on any atom is 0.410 e. The molecular weight excluding hydrogens is 483 g/mol. The molecule has 0 saturated carbocycles. The van der Waals surface area contributed by atoms with Gasteiger partial charge in [0.2, 0.25) is 0 Å². The zero-order chi connectivity index (χ0) is 27.2. The summed E-state index contributed by atoms with van der Waals surface area (Å²) in [5.41, 5.74) is -0.143. The van der Waals surface area contributed by atoms with E-state index in [1.165, 1.54) is 17.0 Å². The van der Waals surface area contributed by atoms with Crippen molar-refractivity contribution in [3.63, 3.8) is 0 Å². The number of carboxylic acid groups (broad SMARTS) is 1. The van der Waals surface area contributed by atoms with Crippen LogP contribution in [0.5, 0.6) is 5.75 Å². The van der Waals surface area contributed by atoms with Crippen molar-refractivity contribution < 1.29 is 42.6 Å². The van der Waals surface area contributed by atoms with Gasteiger partial charge in [0.1, 0.15) is 36.8 Å². The van der Waals surface area contributed by atoms with E-state index in [2.05, 4.69) is 4.74 Å². The predicted octanol–water partition coefficient (Wildman–Crippen LogP) is 3.36. The first-order valence-corrected chi connectivity index (χ1v) is 12.1. The molecule has 1 saturated heterocycles. The molecule has 0 N–H and O–H groups in total.